The van der Waals surface area contributed by atoms with Gasteiger partial charge in [0.05, 0.1) is 22.6 Å². The predicted molar refractivity (Wildman–Crippen MR) is 101 cm³/mol. The summed E-state index contributed by atoms with van der Waals surface area (Å²) in [6, 6.07) is 1.69. The molecule has 3 aromatic heterocycles. The maximum Gasteiger partial charge on any atom is 0.435 e. The number of rotatable bonds is 7. The number of nitrogens with zero attached hydrogens (tertiary/aromatic N) is 3. The zero-order valence-electron chi connectivity index (χ0n) is 15.4. The fourth-order valence-electron chi connectivity index (χ4n) is 3.14. The number of pyridine rings is 1. The van der Waals surface area contributed by atoms with Crippen molar-refractivity contribution < 1.29 is 13.2 Å². The molecule has 3 aromatic rings. The molecular weight excluding hydrogens is 369 g/mol. The van der Waals surface area contributed by atoms with Crippen LogP contribution in [0.3, 0.4) is 0 Å². The highest BCUT2D eigenvalue weighted by atomic mass is 19.4. The van der Waals surface area contributed by atoms with Crippen molar-refractivity contribution in [2.45, 2.75) is 38.9 Å². The molecule has 0 amide bonds. The SMILES string of the molecule is C=Cc1[nH]nc(CN)c1-c1cnc(-c2c[nH]nc2C(F)(F)F)cc1CCCC. The number of H-pyrrole nitrogens is 2. The van der Waals surface area contributed by atoms with E-state index in [1.165, 1.54) is 6.20 Å². The van der Waals surface area contributed by atoms with Crippen molar-refractivity contribution >= 4 is 6.08 Å². The van der Waals surface area contributed by atoms with Crippen molar-refractivity contribution in [1.29, 1.82) is 0 Å². The van der Waals surface area contributed by atoms with Gasteiger partial charge < -0.3 is 5.73 Å². The number of alkyl halides is 3. The van der Waals surface area contributed by atoms with Crippen molar-refractivity contribution in [3.05, 3.63) is 47.7 Å². The van der Waals surface area contributed by atoms with E-state index in [1.807, 2.05) is 0 Å². The molecule has 4 N–H and O–H groups in total. The minimum absolute atomic E-state index is 0.0769. The lowest BCUT2D eigenvalue weighted by molar-refractivity contribution is -0.140. The van der Waals surface area contributed by atoms with E-state index in [0.29, 0.717) is 17.8 Å². The first-order chi connectivity index (χ1) is 13.4. The minimum atomic E-state index is -4.56. The van der Waals surface area contributed by atoms with Crippen LogP contribution in [0.1, 0.15) is 42.4 Å². The number of aryl methyl sites for hydroxylation is 1. The van der Waals surface area contributed by atoms with Crippen LogP contribution in [-0.4, -0.2) is 25.4 Å². The first-order valence-corrected chi connectivity index (χ1v) is 8.91. The molecule has 0 bridgehead atoms. The van der Waals surface area contributed by atoms with Crippen LogP contribution in [0, 0.1) is 0 Å². The van der Waals surface area contributed by atoms with Gasteiger partial charge in [0, 0.05) is 30.1 Å². The summed E-state index contributed by atoms with van der Waals surface area (Å²) < 4.78 is 39.7. The van der Waals surface area contributed by atoms with Crippen LogP contribution in [0.4, 0.5) is 13.2 Å². The Morgan fingerprint density at radius 1 is 1.25 bits per heavy atom. The van der Waals surface area contributed by atoms with Gasteiger partial charge in [-0.1, -0.05) is 19.9 Å². The Labute approximate surface area is 160 Å². The van der Waals surface area contributed by atoms with Gasteiger partial charge in [-0.25, -0.2) is 0 Å². The number of halogens is 3. The largest absolute Gasteiger partial charge is 0.435 e. The lowest BCUT2D eigenvalue weighted by Crippen LogP contribution is -2.08. The fourth-order valence-corrected chi connectivity index (χ4v) is 3.14. The monoisotopic (exact) mass is 390 g/mol. The fraction of sp³-hybridized carbons (Fsp3) is 0.316. The molecule has 0 fully saturated rings. The van der Waals surface area contributed by atoms with E-state index in [9.17, 15) is 13.2 Å². The Bertz CT molecular complexity index is 970. The van der Waals surface area contributed by atoms with Gasteiger partial charge in [0.1, 0.15) is 0 Å². The average Bonchev–Trinajstić information content (AvgIpc) is 3.32. The average molecular weight is 390 g/mol. The standard InChI is InChI=1S/C19H21F3N6/c1-3-5-6-11-7-15(13-10-25-28-18(13)19(20,21)22)24-9-12(11)17-14(4-2)26-27-16(17)8-23/h4,7,9-10H,2-3,5-6,8,23H2,1H3,(H,25,28)(H,26,27). The van der Waals surface area contributed by atoms with E-state index in [-0.39, 0.29) is 17.8 Å². The Balaban J connectivity index is 2.16. The Morgan fingerprint density at radius 3 is 2.68 bits per heavy atom. The second-order valence-electron chi connectivity index (χ2n) is 6.34. The molecule has 3 heterocycles. The molecule has 6 nitrogen and oxygen atoms in total. The summed E-state index contributed by atoms with van der Waals surface area (Å²) in [4.78, 5) is 4.29. The zero-order valence-corrected chi connectivity index (χ0v) is 15.4. The molecular formula is C19H21F3N6. The third-order valence-corrected chi connectivity index (χ3v) is 4.51. The lowest BCUT2D eigenvalue weighted by atomic mass is 9.94. The number of unbranched alkanes of at least 4 members (excludes halogenated alkanes) is 1. The van der Waals surface area contributed by atoms with Crippen LogP contribution in [-0.2, 0) is 19.1 Å². The second kappa shape index (κ2) is 7.97. The van der Waals surface area contributed by atoms with Crippen LogP contribution in [0.15, 0.2) is 25.0 Å². The van der Waals surface area contributed by atoms with Crippen molar-refractivity contribution in [3.8, 4) is 22.4 Å². The zero-order chi connectivity index (χ0) is 20.3. The molecule has 0 saturated heterocycles. The minimum Gasteiger partial charge on any atom is -0.325 e. The highest BCUT2D eigenvalue weighted by Crippen LogP contribution is 2.37. The number of hydrogen-bond donors (Lipinski definition) is 3. The first-order valence-electron chi connectivity index (χ1n) is 8.91. The molecule has 0 unspecified atom stereocenters. The number of nitrogens with one attached hydrogen (secondary N) is 2. The maximum absolute atomic E-state index is 13.2. The summed E-state index contributed by atoms with van der Waals surface area (Å²) in [6.07, 6.45) is 2.38. The highest BCUT2D eigenvalue weighted by molar-refractivity contribution is 5.78. The highest BCUT2D eigenvalue weighted by Gasteiger charge is 2.37. The maximum atomic E-state index is 13.2. The van der Waals surface area contributed by atoms with Crippen LogP contribution in [0.2, 0.25) is 0 Å². The van der Waals surface area contributed by atoms with Gasteiger partial charge in [-0.15, -0.1) is 0 Å². The molecule has 148 valence electrons. The molecule has 0 radical (unpaired) electrons. The molecule has 0 atom stereocenters. The van der Waals surface area contributed by atoms with Gasteiger partial charge in [0.2, 0.25) is 0 Å². The van der Waals surface area contributed by atoms with Gasteiger partial charge >= 0.3 is 6.18 Å². The summed E-state index contributed by atoms with van der Waals surface area (Å²) in [7, 11) is 0. The van der Waals surface area contributed by atoms with Gasteiger partial charge in [-0.05, 0) is 30.5 Å². The van der Waals surface area contributed by atoms with Gasteiger partial charge in [0.25, 0.3) is 0 Å². The summed E-state index contributed by atoms with van der Waals surface area (Å²) >= 11 is 0. The quantitative estimate of drug-likeness (QED) is 0.560. The predicted octanol–water partition coefficient (Wildman–Crippen LogP) is 4.32. The number of hydrogen-bond acceptors (Lipinski definition) is 4. The van der Waals surface area contributed by atoms with Crippen LogP contribution in [0.5, 0.6) is 0 Å². The van der Waals surface area contributed by atoms with Crippen LogP contribution >= 0.6 is 0 Å². The molecule has 3 rings (SSSR count). The lowest BCUT2D eigenvalue weighted by Gasteiger charge is -2.13. The van der Waals surface area contributed by atoms with Crippen molar-refractivity contribution in [2.24, 2.45) is 5.73 Å². The van der Waals surface area contributed by atoms with Crippen molar-refractivity contribution in [1.82, 2.24) is 25.4 Å². The molecule has 0 aromatic carbocycles. The van der Waals surface area contributed by atoms with Crippen molar-refractivity contribution in [2.75, 3.05) is 0 Å². The molecule has 28 heavy (non-hydrogen) atoms. The second-order valence-corrected chi connectivity index (χ2v) is 6.34. The van der Waals surface area contributed by atoms with Crippen LogP contribution in [0.25, 0.3) is 28.5 Å². The topological polar surface area (TPSA) is 96.3 Å². The van der Waals surface area contributed by atoms with E-state index in [0.717, 1.165) is 29.5 Å². The molecule has 0 saturated carbocycles. The van der Waals surface area contributed by atoms with Crippen LogP contribution < -0.4 is 5.73 Å². The van der Waals surface area contributed by atoms with Gasteiger partial charge in [-0.3, -0.25) is 15.2 Å². The van der Waals surface area contributed by atoms with E-state index in [2.05, 4.69) is 38.9 Å². The Morgan fingerprint density at radius 2 is 2.04 bits per heavy atom. The van der Waals surface area contributed by atoms with E-state index < -0.39 is 11.9 Å². The normalized spacial score (nSPS) is 11.8. The number of aromatic amines is 2. The Hall–Kier alpha value is -2.94. The smallest absolute Gasteiger partial charge is 0.325 e. The summed E-state index contributed by atoms with van der Waals surface area (Å²) in [5.74, 6) is 0. The molecule has 9 heteroatoms. The van der Waals surface area contributed by atoms with Gasteiger partial charge in [-0.2, -0.15) is 23.4 Å². The summed E-state index contributed by atoms with van der Waals surface area (Å²) in [6.45, 7) is 6.05. The first kappa shape index (κ1) is 19.8. The van der Waals surface area contributed by atoms with Gasteiger partial charge in [0.15, 0.2) is 5.69 Å². The molecule has 0 aliphatic carbocycles. The van der Waals surface area contributed by atoms with E-state index in [1.54, 1.807) is 18.3 Å². The number of aromatic nitrogens is 5. The summed E-state index contributed by atoms with van der Waals surface area (Å²) in [5, 5.41) is 12.7. The molecule has 0 aliphatic rings. The third kappa shape index (κ3) is 3.70. The molecule has 0 aliphatic heterocycles. The van der Waals surface area contributed by atoms with Crippen molar-refractivity contribution in [3.63, 3.8) is 0 Å². The molecule has 0 spiro atoms. The Kier molecular flexibility index (Phi) is 5.64. The number of nitrogens with two attached hydrogens (primary N) is 1. The third-order valence-electron chi connectivity index (χ3n) is 4.51. The van der Waals surface area contributed by atoms with E-state index in [4.69, 9.17) is 5.73 Å². The summed E-state index contributed by atoms with van der Waals surface area (Å²) in [5.41, 5.74) is 8.77. The van der Waals surface area contributed by atoms with E-state index >= 15 is 0 Å².